The third-order valence-electron chi connectivity index (χ3n) is 2.70. The number of aromatic nitrogens is 2. The van der Waals surface area contributed by atoms with Crippen molar-refractivity contribution in [3.05, 3.63) is 23.8 Å². The van der Waals surface area contributed by atoms with E-state index in [2.05, 4.69) is 20.6 Å². The molecule has 1 rings (SSSR count). The summed E-state index contributed by atoms with van der Waals surface area (Å²) in [6, 6.07) is -0.705. The van der Waals surface area contributed by atoms with E-state index in [1.165, 1.54) is 20.0 Å². The summed E-state index contributed by atoms with van der Waals surface area (Å²) in [6.07, 6.45) is 2.79. The maximum Gasteiger partial charge on any atom is 0.321 e. The quantitative estimate of drug-likeness (QED) is 0.731. The van der Waals surface area contributed by atoms with Gasteiger partial charge in [0.2, 0.25) is 5.91 Å². The molecule has 0 fully saturated rings. The number of rotatable bonds is 5. The van der Waals surface area contributed by atoms with Crippen LogP contribution in [0.4, 0.5) is 4.79 Å². The van der Waals surface area contributed by atoms with E-state index in [1.807, 2.05) is 0 Å². The number of carboxylic acid groups (broad SMARTS) is 1. The number of aliphatic carboxylic acids is 1. The van der Waals surface area contributed by atoms with E-state index in [-0.39, 0.29) is 13.0 Å². The highest BCUT2D eigenvalue weighted by Gasteiger charge is 2.30. The van der Waals surface area contributed by atoms with E-state index in [0.717, 1.165) is 5.69 Å². The molecule has 0 aliphatic heterocycles. The van der Waals surface area contributed by atoms with Crippen molar-refractivity contribution in [1.82, 2.24) is 20.6 Å². The molecule has 8 heteroatoms. The molecule has 0 unspecified atom stereocenters. The number of nitrogens with one attached hydrogen (secondary N) is 2. The van der Waals surface area contributed by atoms with Crippen LogP contribution < -0.4 is 10.6 Å². The molecular weight excluding hydrogens is 276 g/mol. The third-order valence-corrected chi connectivity index (χ3v) is 2.70. The SMILES string of the molecule is Cc1cnc(CNC(=O)NC(=O)CC(C)(C)C(=O)O)cn1. The molecule has 114 valence electrons. The van der Waals surface area contributed by atoms with Crippen LogP contribution in [0.25, 0.3) is 0 Å². The zero-order valence-corrected chi connectivity index (χ0v) is 12.1. The molecule has 21 heavy (non-hydrogen) atoms. The first kappa shape index (κ1) is 16.5. The molecule has 0 atom stereocenters. The minimum absolute atomic E-state index is 0.120. The predicted molar refractivity (Wildman–Crippen MR) is 73.2 cm³/mol. The van der Waals surface area contributed by atoms with Gasteiger partial charge in [-0.2, -0.15) is 0 Å². The van der Waals surface area contributed by atoms with Gasteiger partial charge in [0.15, 0.2) is 0 Å². The number of carbonyl (C=O) groups is 3. The first-order valence-electron chi connectivity index (χ1n) is 6.29. The normalized spacial score (nSPS) is 10.8. The van der Waals surface area contributed by atoms with Gasteiger partial charge in [-0.15, -0.1) is 0 Å². The Kier molecular flexibility index (Phi) is 5.34. The fraction of sp³-hybridized carbons (Fsp3) is 0.462. The van der Waals surface area contributed by atoms with Crippen LogP contribution in [0.2, 0.25) is 0 Å². The van der Waals surface area contributed by atoms with Crippen molar-refractivity contribution in [3.8, 4) is 0 Å². The van der Waals surface area contributed by atoms with Crippen LogP contribution in [-0.4, -0.2) is 33.0 Å². The summed E-state index contributed by atoms with van der Waals surface area (Å²) in [4.78, 5) is 42.0. The van der Waals surface area contributed by atoms with Crippen molar-refractivity contribution in [2.24, 2.45) is 5.41 Å². The molecule has 0 radical (unpaired) electrons. The van der Waals surface area contributed by atoms with Crippen molar-refractivity contribution in [1.29, 1.82) is 0 Å². The van der Waals surface area contributed by atoms with E-state index in [0.29, 0.717) is 5.69 Å². The highest BCUT2D eigenvalue weighted by atomic mass is 16.4. The van der Waals surface area contributed by atoms with Gasteiger partial charge in [0.25, 0.3) is 0 Å². The Labute approximate surface area is 122 Å². The number of urea groups is 1. The summed E-state index contributed by atoms with van der Waals surface area (Å²) in [7, 11) is 0. The molecule has 0 spiro atoms. The zero-order chi connectivity index (χ0) is 16.0. The Balaban J connectivity index is 2.41. The molecule has 0 aromatic carbocycles. The summed E-state index contributed by atoms with van der Waals surface area (Å²) in [6.45, 7) is 4.73. The molecule has 1 aromatic rings. The molecule has 0 bridgehead atoms. The maximum atomic E-state index is 11.6. The second kappa shape index (κ2) is 6.78. The number of imide groups is 1. The molecule has 3 amide bonds. The fourth-order valence-corrected chi connectivity index (χ4v) is 1.37. The Morgan fingerprint density at radius 3 is 2.43 bits per heavy atom. The van der Waals surface area contributed by atoms with Crippen LogP contribution in [-0.2, 0) is 16.1 Å². The minimum atomic E-state index is -1.23. The van der Waals surface area contributed by atoms with Gasteiger partial charge in [-0.3, -0.25) is 24.9 Å². The van der Waals surface area contributed by atoms with Crippen molar-refractivity contribution >= 4 is 17.9 Å². The summed E-state index contributed by atoms with van der Waals surface area (Å²) in [5.41, 5.74) is 0.0793. The van der Waals surface area contributed by atoms with Crippen LogP contribution in [0.15, 0.2) is 12.4 Å². The Hall–Kier alpha value is -2.51. The number of amides is 3. The van der Waals surface area contributed by atoms with Crippen LogP contribution in [0.5, 0.6) is 0 Å². The topological polar surface area (TPSA) is 121 Å². The molecule has 0 saturated carbocycles. The van der Waals surface area contributed by atoms with Crippen molar-refractivity contribution < 1.29 is 19.5 Å². The van der Waals surface area contributed by atoms with Gasteiger partial charge in [0.05, 0.1) is 29.5 Å². The van der Waals surface area contributed by atoms with E-state index in [1.54, 1.807) is 13.1 Å². The lowest BCUT2D eigenvalue weighted by Crippen LogP contribution is -2.41. The van der Waals surface area contributed by atoms with Gasteiger partial charge in [-0.05, 0) is 20.8 Å². The van der Waals surface area contributed by atoms with Crippen LogP contribution in [0, 0.1) is 12.3 Å². The van der Waals surface area contributed by atoms with E-state index in [4.69, 9.17) is 5.11 Å². The van der Waals surface area contributed by atoms with E-state index < -0.39 is 23.3 Å². The van der Waals surface area contributed by atoms with Crippen LogP contribution in [0.3, 0.4) is 0 Å². The summed E-state index contributed by atoms with van der Waals surface area (Å²) < 4.78 is 0. The second-order valence-corrected chi connectivity index (χ2v) is 5.25. The summed E-state index contributed by atoms with van der Waals surface area (Å²) in [5.74, 6) is -1.76. The van der Waals surface area contributed by atoms with Gasteiger partial charge in [-0.25, -0.2) is 4.79 Å². The molecule has 3 N–H and O–H groups in total. The maximum absolute atomic E-state index is 11.6. The monoisotopic (exact) mass is 294 g/mol. The fourth-order valence-electron chi connectivity index (χ4n) is 1.37. The second-order valence-electron chi connectivity index (χ2n) is 5.25. The lowest BCUT2D eigenvalue weighted by atomic mass is 9.89. The largest absolute Gasteiger partial charge is 0.481 e. The molecule has 0 saturated heterocycles. The van der Waals surface area contributed by atoms with Gasteiger partial charge in [0.1, 0.15) is 0 Å². The first-order chi connectivity index (χ1) is 9.70. The molecule has 0 aliphatic rings. The van der Waals surface area contributed by atoms with Crippen LogP contribution >= 0.6 is 0 Å². The van der Waals surface area contributed by atoms with Gasteiger partial charge < -0.3 is 10.4 Å². The lowest BCUT2D eigenvalue weighted by Gasteiger charge is -2.17. The standard InChI is InChI=1S/C13H18N4O4/c1-8-5-15-9(6-14-8)7-16-12(21)17-10(18)4-13(2,3)11(19)20/h5-6H,4,7H2,1-3H3,(H,19,20)(H2,16,17,18,21). The summed E-state index contributed by atoms with van der Waals surface area (Å²) >= 11 is 0. The Morgan fingerprint density at radius 2 is 1.90 bits per heavy atom. The molecule has 1 heterocycles. The number of nitrogens with zero attached hydrogens (tertiary/aromatic N) is 2. The van der Waals surface area contributed by atoms with Crippen LogP contribution in [0.1, 0.15) is 31.7 Å². The van der Waals surface area contributed by atoms with Crippen molar-refractivity contribution in [2.45, 2.75) is 33.7 Å². The van der Waals surface area contributed by atoms with Gasteiger partial charge in [0, 0.05) is 12.6 Å². The third kappa shape index (κ3) is 5.55. The summed E-state index contributed by atoms with van der Waals surface area (Å²) in [5, 5.41) is 13.4. The number of carboxylic acids is 1. The van der Waals surface area contributed by atoms with E-state index >= 15 is 0 Å². The number of carbonyl (C=O) groups excluding carboxylic acids is 2. The minimum Gasteiger partial charge on any atom is -0.481 e. The lowest BCUT2D eigenvalue weighted by molar-refractivity contribution is -0.149. The average molecular weight is 294 g/mol. The Bertz CT molecular complexity index is 540. The Morgan fingerprint density at radius 1 is 1.24 bits per heavy atom. The van der Waals surface area contributed by atoms with E-state index in [9.17, 15) is 14.4 Å². The predicted octanol–water partition coefficient (Wildman–Crippen LogP) is 0.612. The highest BCUT2D eigenvalue weighted by molar-refractivity contribution is 5.96. The average Bonchev–Trinajstić information content (AvgIpc) is 2.37. The highest BCUT2D eigenvalue weighted by Crippen LogP contribution is 2.19. The number of hydrogen-bond donors (Lipinski definition) is 3. The van der Waals surface area contributed by atoms with Gasteiger partial charge in [-0.1, -0.05) is 0 Å². The van der Waals surface area contributed by atoms with Crippen molar-refractivity contribution in [3.63, 3.8) is 0 Å². The number of hydrogen-bond acceptors (Lipinski definition) is 5. The first-order valence-corrected chi connectivity index (χ1v) is 6.29. The smallest absolute Gasteiger partial charge is 0.321 e. The molecule has 1 aromatic heterocycles. The zero-order valence-electron chi connectivity index (χ0n) is 12.1. The molecule has 8 nitrogen and oxygen atoms in total. The number of aryl methyl sites for hydroxylation is 1. The van der Waals surface area contributed by atoms with Crippen molar-refractivity contribution in [2.75, 3.05) is 0 Å². The van der Waals surface area contributed by atoms with Gasteiger partial charge >= 0.3 is 12.0 Å². The molecule has 0 aliphatic carbocycles. The molecular formula is C13H18N4O4.